The summed E-state index contributed by atoms with van der Waals surface area (Å²) in [6.07, 6.45) is -0.276. The summed E-state index contributed by atoms with van der Waals surface area (Å²) in [6, 6.07) is 17.6. The highest BCUT2D eigenvalue weighted by molar-refractivity contribution is 5.85. The normalized spacial score (nSPS) is 10.5. The monoisotopic (exact) mass is 422 g/mol. The SMILES string of the molecule is COc1ccc2cc(CN(C)C(=O)COC(=O)Cc3ccccc3[N+](=O)[O-])ccc2c1. The zero-order chi connectivity index (χ0) is 22.4. The van der Waals surface area contributed by atoms with Gasteiger partial charge in [-0.3, -0.25) is 19.7 Å². The number of nitrogens with zero attached hydrogens (tertiary/aromatic N) is 2. The van der Waals surface area contributed by atoms with Crippen LogP contribution in [0.1, 0.15) is 11.1 Å². The number of para-hydroxylation sites is 1. The van der Waals surface area contributed by atoms with E-state index in [9.17, 15) is 19.7 Å². The molecule has 31 heavy (non-hydrogen) atoms. The van der Waals surface area contributed by atoms with Crippen LogP contribution in [-0.4, -0.2) is 42.5 Å². The smallest absolute Gasteiger partial charge is 0.311 e. The molecule has 0 aliphatic carbocycles. The van der Waals surface area contributed by atoms with Gasteiger partial charge in [0.05, 0.1) is 18.5 Å². The van der Waals surface area contributed by atoms with E-state index in [-0.39, 0.29) is 23.6 Å². The van der Waals surface area contributed by atoms with E-state index in [0.29, 0.717) is 6.54 Å². The summed E-state index contributed by atoms with van der Waals surface area (Å²) in [5.74, 6) is -0.295. The molecule has 0 saturated carbocycles. The lowest BCUT2D eigenvalue weighted by Gasteiger charge is -2.17. The van der Waals surface area contributed by atoms with Gasteiger partial charge in [-0.2, -0.15) is 0 Å². The highest BCUT2D eigenvalue weighted by Crippen LogP contribution is 2.22. The first-order valence-electron chi connectivity index (χ1n) is 9.56. The number of nitro benzene ring substituents is 1. The fourth-order valence-electron chi connectivity index (χ4n) is 3.16. The molecular weight excluding hydrogens is 400 g/mol. The predicted octanol–water partition coefficient (Wildman–Crippen LogP) is 3.50. The highest BCUT2D eigenvalue weighted by atomic mass is 16.6. The number of nitro groups is 1. The lowest BCUT2D eigenvalue weighted by molar-refractivity contribution is -0.385. The number of amides is 1. The molecule has 3 aromatic rings. The van der Waals surface area contributed by atoms with Crippen LogP contribution in [0.2, 0.25) is 0 Å². The van der Waals surface area contributed by atoms with Crippen molar-refractivity contribution in [3.05, 3.63) is 81.9 Å². The van der Waals surface area contributed by atoms with E-state index in [1.165, 1.54) is 23.1 Å². The number of benzene rings is 3. The summed E-state index contributed by atoms with van der Waals surface area (Å²) in [5.41, 5.74) is 1.02. The maximum absolute atomic E-state index is 12.4. The Morgan fingerprint density at radius 2 is 1.74 bits per heavy atom. The molecule has 0 saturated heterocycles. The molecule has 0 heterocycles. The minimum absolute atomic E-state index is 0.156. The van der Waals surface area contributed by atoms with Crippen LogP contribution in [-0.2, 0) is 27.3 Å². The highest BCUT2D eigenvalue weighted by Gasteiger charge is 2.18. The zero-order valence-electron chi connectivity index (χ0n) is 17.2. The van der Waals surface area contributed by atoms with Gasteiger partial charge in [-0.05, 0) is 34.5 Å². The predicted molar refractivity (Wildman–Crippen MR) is 115 cm³/mol. The molecule has 0 unspecified atom stereocenters. The van der Waals surface area contributed by atoms with E-state index in [0.717, 1.165) is 22.1 Å². The summed E-state index contributed by atoms with van der Waals surface area (Å²) >= 11 is 0. The number of methoxy groups -OCH3 is 1. The van der Waals surface area contributed by atoms with Crippen molar-refractivity contribution in [2.24, 2.45) is 0 Å². The van der Waals surface area contributed by atoms with Gasteiger partial charge in [-0.15, -0.1) is 0 Å². The Morgan fingerprint density at radius 3 is 2.48 bits per heavy atom. The van der Waals surface area contributed by atoms with E-state index in [1.807, 2.05) is 36.4 Å². The molecule has 0 radical (unpaired) electrons. The third-order valence-electron chi connectivity index (χ3n) is 4.84. The van der Waals surface area contributed by atoms with E-state index >= 15 is 0 Å². The summed E-state index contributed by atoms with van der Waals surface area (Å²) in [7, 11) is 3.24. The first-order chi connectivity index (χ1) is 14.9. The van der Waals surface area contributed by atoms with E-state index in [4.69, 9.17) is 9.47 Å². The second-order valence-corrected chi connectivity index (χ2v) is 7.02. The minimum Gasteiger partial charge on any atom is -0.497 e. The van der Waals surface area contributed by atoms with Crippen molar-refractivity contribution in [2.75, 3.05) is 20.8 Å². The third kappa shape index (κ3) is 5.57. The third-order valence-corrected chi connectivity index (χ3v) is 4.84. The quantitative estimate of drug-likeness (QED) is 0.313. The Kier molecular flexibility index (Phi) is 6.81. The molecule has 0 N–H and O–H groups in total. The number of fused-ring (bicyclic) bond motifs is 1. The van der Waals surface area contributed by atoms with Crippen molar-refractivity contribution < 1.29 is 24.0 Å². The fourth-order valence-corrected chi connectivity index (χ4v) is 3.16. The van der Waals surface area contributed by atoms with E-state index < -0.39 is 17.5 Å². The lowest BCUT2D eigenvalue weighted by Crippen LogP contribution is -2.31. The number of likely N-dealkylation sites (N-methyl/N-ethyl adjacent to an activating group) is 1. The standard InChI is InChI=1S/C23H22N2O6/c1-24(14-16-7-8-18-12-20(30-2)10-9-17(18)11-16)22(26)15-31-23(27)13-19-5-3-4-6-21(19)25(28)29/h3-12H,13-15H2,1-2H3. The minimum atomic E-state index is -0.698. The molecule has 3 aromatic carbocycles. The molecule has 1 amide bonds. The van der Waals surface area contributed by atoms with Crippen LogP contribution in [0.5, 0.6) is 5.75 Å². The van der Waals surface area contributed by atoms with Crippen molar-refractivity contribution in [3.63, 3.8) is 0 Å². The molecule has 0 aromatic heterocycles. The van der Waals surface area contributed by atoms with Gasteiger partial charge >= 0.3 is 5.97 Å². The number of hydrogen-bond donors (Lipinski definition) is 0. The van der Waals surface area contributed by atoms with Crippen LogP contribution in [0.4, 0.5) is 5.69 Å². The van der Waals surface area contributed by atoms with E-state index in [2.05, 4.69) is 0 Å². The van der Waals surface area contributed by atoms with E-state index in [1.54, 1.807) is 20.2 Å². The van der Waals surface area contributed by atoms with Gasteiger partial charge in [0.25, 0.3) is 11.6 Å². The Balaban J connectivity index is 1.55. The largest absolute Gasteiger partial charge is 0.497 e. The van der Waals surface area contributed by atoms with Gasteiger partial charge in [-0.1, -0.05) is 36.4 Å². The summed E-state index contributed by atoms with van der Waals surface area (Å²) in [6.45, 7) is -0.0801. The molecule has 0 aliphatic heterocycles. The Hall–Kier alpha value is -3.94. The van der Waals surface area contributed by atoms with Gasteiger partial charge in [0, 0.05) is 25.2 Å². The van der Waals surface area contributed by atoms with Gasteiger partial charge in [0.1, 0.15) is 5.75 Å². The van der Waals surface area contributed by atoms with Crippen LogP contribution in [0.3, 0.4) is 0 Å². The maximum atomic E-state index is 12.4. The van der Waals surface area contributed by atoms with Crippen molar-refractivity contribution in [3.8, 4) is 5.75 Å². The molecule has 0 spiro atoms. The second kappa shape index (κ2) is 9.71. The van der Waals surface area contributed by atoms with Crippen molar-refractivity contribution >= 4 is 28.3 Å². The summed E-state index contributed by atoms with van der Waals surface area (Å²) in [5, 5.41) is 13.1. The molecule has 160 valence electrons. The van der Waals surface area contributed by atoms with Gasteiger partial charge in [0.2, 0.25) is 0 Å². The van der Waals surface area contributed by atoms with Crippen molar-refractivity contribution in [1.29, 1.82) is 0 Å². The molecule has 0 aliphatic rings. The van der Waals surface area contributed by atoms with Gasteiger partial charge < -0.3 is 14.4 Å². The van der Waals surface area contributed by atoms with Crippen molar-refractivity contribution in [2.45, 2.75) is 13.0 Å². The van der Waals surface area contributed by atoms with Crippen LogP contribution in [0.15, 0.2) is 60.7 Å². The topological polar surface area (TPSA) is 99.0 Å². The Labute approximate surface area is 179 Å². The molecule has 8 heteroatoms. The number of carbonyl (C=O) groups is 2. The summed E-state index contributed by atoms with van der Waals surface area (Å²) in [4.78, 5) is 36.3. The molecule has 0 atom stereocenters. The van der Waals surface area contributed by atoms with Crippen LogP contribution in [0, 0.1) is 10.1 Å². The number of rotatable bonds is 8. The van der Waals surface area contributed by atoms with Crippen LogP contribution >= 0.6 is 0 Å². The molecule has 8 nitrogen and oxygen atoms in total. The van der Waals surface area contributed by atoms with Gasteiger partial charge in [-0.25, -0.2) is 0 Å². The van der Waals surface area contributed by atoms with Crippen molar-refractivity contribution in [1.82, 2.24) is 4.90 Å². The lowest BCUT2D eigenvalue weighted by atomic mass is 10.1. The van der Waals surface area contributed by atoms with Crippen LogP contribution in [0.25, 0.3) is 10.8 Å². The average molecular weight is 422 g/mol. The number of ether oxygens (including phenoxy) is 2. The molecule has 0 bridgehead atoms. The first-order valence-corrected chi connectivity index (χ1v) is 9.56. The molecular formula is C23H22N2O6. The van der Waals surface area contributed by atoms with Gasteiger partial charge in [0.15, 0.2) is 6.61 Å². The average Bonchev–Trinajstić information content (AvgIpc) is 2.77. The number of carbonyl (C=O) groups excluding carboxylic acids is 2. The second-order valence-electron chi connectivity index (χ2n) is 7.02. The number of esters is 1. The van der Waals surface area contributed by atoms with Crippen LogP contribution < -0.4 is 4.74 Å². The summed E-state index contributed by atoms with van der Waals surface area (Å²) < 4.78 is 10.3. The Bertz CT molecular complexity index is 1130. The first kappa shape index (κ1) is 21.8. The Morgan fingerprint density at radius 1 is 1.03 bits per heavy atom. The molecule has 0 fully saturated rings. The molecule has 3 rings (SSSR count). The maximum Gasteiger partial charge on any atom is 0.311 e. The fraction of sp³-hybridized carbons (Fsp3) is 0.217. The zero-order valence-corrected chi connectivity index (χ0v) is 17.2. The number of hydrogen-bond acceptors (Lipinski definition) is 6.